The molecule has 1 unspecified atom stereocenters. The molecular weight excluding hydrogens is 278 g/mol. The van der Waals surface area contributed by atoms with Crippen LogP contribution in [0, 0.1) is 6.92 Å². The van der Waals surface area contributed by atoms with Crippen molar-refractivity contribution in [3.63, 3.8) is 0 Å². The molecule has 1 aromatic heterocycles. The minimum Gasteiger partial charge on any atom is -0.388 e. The standard InChI is InChI=1S/C14H14BrNO/c1-10-5-6-11(8-13(10)15)14(17)9-12-4-2-3-7-16-12/h2-8,14,17H,9H2,1H3. The molecule has 2 nitrogen and oxygen atoms in total. The Morgan fingerprint density at radius 2 is 2.12 bits per heavy atom. The highest BCUT2D eigenvalue weighted by Gasteiger charge is 2.10. The first kappa shape index (κ1) is 12.3. The largest absolute Gasteiger partial charge is 0.388 e. The van der Waals surface area contributed by atoms with Crippen LogP contribution >= 0.6 is 15.9 Å². The molecular formula is C14H14BrNO. The molecule has 88 valence electrons. The van der Waals surface area contributed by atoms with E-state index in [1.165, 1.54) is 5.56 Å². The molecule has 2 rings (SSSR count). The van der Waals surface area contributed by atoms with E-state index >= 15 is 0 Å². The summed E-state index contributed by atoms with van der Waals surface area (Å²) in [5.41, 5.74) is 2.98. The van der Waals surface area contributed by atoms with Crippen LogP contribution in [0.1, 0.15) is 22.9 Å². The summed E-state index contributed by atoms with van der Waals surface area (Å²) in [4.78, 5) is 4.21. The first-order chi connectivity index (χ1) is 8.16. The van der Waals surface area contributed by atoms with Crippen LogP contribution in [-0.2, 0) is 6.42 Å². The quantitative estimate of drug-likeness (QED) is 0.940. The molecule has 0 spiro atoms. The van der Waals surface area contributed by atoms with Crippen molar-refractivity contribution in [2.75, 3.05) is 0 Å². The molecule has 1 N–H and O–H groups in total. The molecule has 17 heavy (non-hydrogen) atoms. The Morgan fingerprint density at radius 1 is 1.29 bits per heavy atom. The van der Waals surface area contributed by atoms with Gasteiger partial charge in [-0.05, 0) is 36.2 Å². The third-order valence-electron chi connectivity index (χ3n) is 2.71. The van der Waals surface area contributed by atoms with Gasteiger partial charge in [0, 0.05) is 22.8 Å². The number of halogens is 1. The van der Waals surface area contributed by atoms with Gasteiger partial charge >= 0.3 is 0 Å². The third kappa shape index (κ3) is 3.14. The van der Waals surface area contributed by atoms with Crippen molar-refractivity contribution in [3.05, 3.63) is 63.9 Å². The monoisotopic (exact) mass is 291 g/mol. The van der Waals surface area contributed by atoms with Crippen LogP contribution in [0.4, 0.5) is 0 Å². The summed E-state index contributed by atoms with van der Waals surface area (Å²) in [5.74, 6) is 0. The fraction of sp³-hybridized carbons (Fsp3) is 0.214. The van der Waals surface area contributed by atoms with Crippen molar-refractivity contribution in [1.29, 1.82) is 0 Å². The Labute approximate surface area is 109 Å². The number of rotatable bonds is 3. The van der Waals surface area contributed by atoms with Crippen molar-refractivity contribution in [2.45, 2.75) is 19.4 Å². The Hall–Kier alpha value is -1.19. The summed E-state index contributed by atoms with van der Waals surface area (Å²) in [6, 6.07) is 11.6. The third-order valence-corrected chi connectivity index (χ3v) is 3.56. The number of pyridine rings is 1. The van der Waals surface area contributed by atoms with Crippen molar-refractivity contribution in [1.82, 2.24) is 4.98 Å². The highest BCUT2D eigenvalue weighted by Crippen LogP contribution is 2.23. The summed E-state index contributed by atoms with van der Waals surface area (Å²) < 4.78 is 1.02. The van der Waals surface area contributed by atoms with Crippen molar-refractivity contribution in [2.24, 2.45) is 0 Å². The van der Waals surface area contributed by atoms with Crippen LogP contribution in [0.25, 0.3) is 0 Å². The maximum Gasteiger partial charge on any atom is 0.0845 e. The lowest BCUT2D eigenvalue weighted by atomic mass is 10.0. The van der Waals surface area contributed by atoms with Gasteiger partial charge in [-0.25, -0.2) is 0 Å². The number of aliphatic hydroxyl groups is 1. The Bertz CT molecular complexity index is 499. The fourth-order valence-corrected chi connectivity index (χ4v) is 2.05. The maximum atomic E-state index is 10.1. The molecule has 0 amide bonds. The predicted octanol–water partition coefficient (Wildman–Crippen LogP) is 3.43. The normalized spacial score (nSPS) is 12.4. The van der Waals surface area contributed by atoms with Crippen LogP contribution in [0.15, 0.2) is 47.1 Å². The van der Waals surface area contributed by atoms with Crippen LogP contribution in [0.3, 0.4) is 0 Å². The molecule has 1 aromatic carbocycles. The number of aryl methyl sites for hydroxylation is 1. The molecule has 2 aromatic rings. The summed E-state index contributed by atoms with van der Waals surface area (Å²) in [7, 11) is 0. The molecule has 0 radical (unpaired) electrons. The van der Waals surface area contributed by atoms with E-state index in [9.17, 15) is 5.11 Å². The minimum absolute atomic E-state index is 0.512. The van der Waals surface area contributed by atoms with E-state index in [1.807, 2.05) is 43.3 Å². The molecule has 0 bridgehead atoms. The molecule has 3 heteroatoms. The van der Waals surface area contributed by atoms with Gasteiger partial charge in [0.1, 0.15) is 0 Å². The van der Waals surface area contributed by atoms with Gasteiger partial charge in [-0.2, -0.15) is 0 Å². The van der Waals surface area contributed by atoms with Crippen molar-refractivity contribution < 1.29 is 5.11 Å². The lowest BCUT2D eigenvalue weighted by molar-refractivity contribution is 0.177. The molecule has 0 aliphatic heterocycles. The Balaban J connectivity index is 2.14. The molecule has 0 saturated carbocycles. The molecule has 1 heterocycles. The molecule has 0 fully saturated rings. The van der Waals surface area contributed by atoms with Crippen LogP contribution < -0.4 is 0 Å². The number of aliphatic hydroxyl groups excluding tert-OH is 1. The Morgan fingerprint density at radius 3 is 2.76 bits per heavy atom. The second-order valence-electron chi connectivity index (χ2n) is 4.05. The zero-order chi connectivity index (χ0) is 12.3. The maximum absolute atomic E-state index is 10.1. The van der Waals surface area contributed by atoms with Gasteiger partial charge in [0.2, 0.25) is 0 Å². The molecule has 1 atom stereocenters. The average Bonchev–Trinajstić information content (AvgIpc) is 2.34. The van der Waals surface area contributed by atoms with Gasteiger partial charge in [-0.3, -0.25) is 4.98 Å². The number of hydrogen-bond acceptors (Lipinski definition) is 2. The summed E-state index contributed by atoms with van der Waals surface area (Å²) in [5, 5.41) is 10.1. The second kappa shape index (κ2) is 5.43. The van der Waals surface area contributed by atoms with E-state index in [-0.39, 0.29) is 0 Å². The van der Waals surface area contributed by atoms with Gasteiger partial charge < -0.3 is 5.11 Å². The summed E-state index contributed by atoms with van der Waals surface area (Å²) >= 11 is 3.47. The topological polar surface area (TPSA) is 33.1 Å². The minimum atomic E-state index is -0.512. The van der Waals surface area contributed by atoms with Crippen LogP contribution in [-0.4, -0.2) is 10.1 Å². The number of hydrogen-bond donors (Lipinski definition) is 1. The number of aromatic nitrogens is 1. The Kier molecular flexibility index (Phi) is 3.92. The van der Waals surface area contributed by atoms with Gasteiger partial charge in [0.25, 0.3) is 0 Å². The van der Waals surface area contributed by atoms with Gasteiger partial charge in [0.15, 0.2) is 0 Å². The fourth-order valence-electron chi connectivity index (χ4n) is 1.65. The average molecular weight is 292 g/mol. The van der Waals surface area contributed by atoms with E-state index in [2.05, 4.69) is 20.9 Å². The summed E-state index contributed by atoms with van der Waals surface area (Å²) in [6.45, 7) is 2.03. The van der Waals surface area contributed by atoms with Crippen LogP contribution in [0.2, 0.25) is 0 Å². The molecule has 0 saturated heterocycles. The zero-order valence-electron chi connectivity index (χ0n) is 9.60. The van der Waals surface area contributed by atoms with E-state index in [0.717, 1.165) is 15.7 Å². The highest BCUT2D eigenvalue weighted by molar-refractivity contribution is 9.10. The van der Waals surface area contributed by atoms with Crippen LogP contribution in [0.5, 0.6) is 0 Å². The lowest BCUT2D eigenvalue weighted by Crippen LogP contribution is -2.03. The van der Waals surface area contributed by atoms with Gasteiger partial charge in [0.05, 0.1) is 6.10 Å². The van der Waals surface area contributed by atoms with Gasteiger partial charge in [-0.1, -0.05) is 34.1 Å². The number of nitrogens with zero attached hydrogens (tertiary/aromatic N) is 1. The SMILES string of the molecule is Cc1ccc(C(O)Cc2ccccn2)cc1Br. The smallest absolute Gasteiger partial charge is 0.0845 e. The van der Waals surface area contributed by atoms with E-state index in [4.69, 9.17) is 0 Å². The predicted molar refractivity (Wildman–Crippen MR) is 71.8 cm³/mol. The first-order valence-corrected chi connectivity index (χ1v) is 6.30. The molecule has 0 aliphatic rings. The first-order valence-electron chi connectivity index (χ1n) is 5.51. The lowest BCUT2D eigenvalue weighted by Gasteiger charge is -2.11. The van der Waals surface area contributed by atoms with Crippen molar-refractivity contribution >= 4 is 15.9 Å². The van der Waals surface area contributed by atoms with E-state index in [1.54, 1.807) is 6.20 Å². The van der Waals surface area contributed by atoms with E-state index < -0.39 is 6.10 Å². The zero-order valence-corrected chi connectivity index (χ0v) is 11.2. The molecule has 0 aliphatic carbocycles. The van der Waals surface area contributed by atoms with Crippen molar-refractivity contribution in [3.8, 4) is 0 Å². The van der Waals surface area contributed by atoms with Gasteiger partial charge in [-0.15, -0.1) is 0 Å². The highest BCUT2D eigenvalue weighted by atomic mass is 79.9. The number of benzene rings is 1. The van der Waals surface area contributed by atoms with E-state index in [0.29, 0.717) is 6.42 Å². The second-order valence-corrected chi connectivity index (χ2v) is 4.90. The summed E-state index contributed by atoms with van der Waals surface area (Å²) in [6.07, 6.45) is 1.77.